The van der Waals surface area contributed by atoms with Crippen molar-refractivity contribution in [2.24, 2.45) is 0 Å². The van der Waals surface area contributed by atoms with Gasteiger partial charge in [-0.25, -0.2) is 9.78 Å². The molecule has 3 rings (SSSR count). The van der Waals surface area contributed by atoms with Crippen LogP contribution < -0.4 is 10.0 Å². The molecular formula is C25H30N4O6S2. The van der Waals surface area contributed by atoms with Gasteiger partial charge >= 0.3 is 16.4 Å². The van der Waals surface area contributed by atoms with Gasteiger partial charge in [0.2, 0.25) is 5.91 Å². The number of aryl methyl sites for hydroxylation is 1. The van der Waals surface area contributed by atoms with Crippen LogP contribution in [0.1, 0.15) is 34.0 Å². The number of benzene rings is 2. The fraction of sp³-hybridized carbons (Fsp3) is 0.320. The molecule has 2 amide bonds. The molecule has 0 fully saturated rings. The highest BCUT2D eigenvalue weighted by Crippen LogP contribution is 2.25. The Hall–Kier alpha value is -3.48. The molecule has 0 saturated heterocycles. The van der Waals surface area contributed by atoms with E-state index in [-0.39, 0.29) is 11.6 Å². The number of aromatic nitrogens is 1. The maximum Gasteiger partial charge on any atom is 0.409 e. The van der Waals surface area contributed by atoms with Crippen molar-refractivity contribution >= 4 is 39.3 Å². The Balaban J connectivity index is 1.86. The number of nitrogens with one attached hydrogen (secondary N) is 2. The smallest absolute Gasteiger partial charge is 0.409 e. The Labute approximate surface area is 220 Å². The SMILES string of the molecule is CCc1cnc([C@H](Cc2ccc(NS(=O)(=O)O)cc2)NC(=O)[C@H](Cc2ccccc2)N(C)C(=O)OC)s1. The van der Waals surface area contributed by atoms with Gasteiger partial charge in [0.15, 0.2) is 0 Å². The van der Waals surface area contributed by atoms with Gasteiger partial charge in [-0.1, -0.05) is 49.4 Å². The fourth-order valence-corrected chi connectivity index (χ4v) is 5.07. The number of nitrogens with zero attached hydrogens (tertiary/aromatic N) is 2. The quantitative estimate of drug-likeness (QED) is 0.312. The maximum absolute atomic E-state index is 13.6. The van der Waals surface area contributed by atoms with Crippen LogP contribution >= 0.6 is 11.3 Å². The summed E-state index contributed by atoms with van der Waals surface area (Å²) >= 11 is 1.49. The zero-order valence-electron chi connectivity index (χ0n) is 20.7. The summed E-state index contributed by atoms with van der Waals surface area (Å²) in [5.41, 5.74) is 1.90. The average molecular weight is 547 g/mol. The lowest BCUT2D eigenvalue weighted by molar-refractivity contribution is -0.126. The van der Waals surface area contributed by atoms with Crippen molar-refractivity contribution in [1.29, 1.82) is 0 Å². The Kier molecular flexibility index (Phi) is 9.61. The molecule has 1 heterocycles. The first-order valence-electron chi connectivity index (χ1n) is 11.5. The molecule has 0 aliphatic carbocycles. The van der Waals surface area contributed by atoms with E-state index in [0.717, 1.165) is 22.4 Å². The molecule has 1 aromatic heterocycles. The molecule has 37 heavy (non-hydrogen) atoms. The second-order valence-electron chi connectivity index (χ2n) is 8.34. The first-order chi connectivity index (χ1) is 17.6. The van der Waals surface area contributed by atoms with Gasteiger partial charge in [-0.3, -0.25) is 19.0 Å². The van der Waals surface area contributed by atoms with Crippen LogP contribution in [0.15, 0.2) is 60.8 Å². The molecule has 0 unspecified atom stereocenters. The Bertz CT molecular complexity index is 1300. The highest BCUT2D eigenvalue weighted by atomic mass is 32.2. The van der Waals surface area contributed by atoms with Crippen molar-refractivity contribution in [2.75, 3.05) is 18.9 Å². The van der Waals surface area contributed by atoms with E-state index in [1.807, 2.05) is 42.0 Å². The molecular weight excluding hydrogens is 516 g/mol. The second kappa shape index (κ2) is 12.7. The number of hydrogen-bond donors (Lipinski definition) is 3. The Morgan fingerprint density at radius 2 is 1.73 bits per heavy atom. The molecule has 10 nitrogen and oxygen atoms in total. The summed E-state index contributed by atoms with van der Waals surface area (Å²) in [6.07, 6.45) is 2.61. The van der Waals surface area contributed by atoms with E-state index in [1.165, 1.54) is 42.5 Å². The van der Waals surface area contributed by atoms with Crippen molar-refractivity contribution in [1.82, 2.24) is 15.2 Å². The normalized spacial score (nSPS) is 12.9. The lowest BCUT2D eigenvalue weighted by Crippen LogP contribution is -2.50. The third-order valence-electron chi connectivity index (χ3n) is 5.68. The second-order valence-corrected chi connectivity index (χ2v) is 10.6. The number of thiazole rings is 1. The minimum Gasteiger partial charge on any atom is -0.453 e. The number of carbonyl (C=O) groups excluding carboxylic acids is 2. The van der Waals surface area contributed by atoms with Gasteiger partial charge < -0.3 is 10.1 Å². The minimum absolute atomic E-state index is 0.206. The topological polar surface area (TPSA) is 138 Å². The lowest BCUT2D eigenvalue weighted by Gasteiger charge is -2.28. The van der Waals surface area contributed by atoms with Gasteiger partial charge in [0.1, 0.15) is 11.0 Å². The van der Waals surface area contributed by atoms with Crippen LogP contribution in [0.2, 0.25) is 0 Å². The van der Waals surface area contributed by atoms with Crippen molar-refractivity contribution < 1.29 is 27.3 Å². The van der Waals surface area contributed by atoms with E-state index in [0.29, 0.717) is 17.8 Å². The molecule has 12 heteroatoms. The van der Waals surface area contributed by atoms with Crippen molar-refractivity contribution in [3.63, 3.8) is 0 Å². The number of methoxy groups -OCH3 is 1. The number of hydrogen-bond acceptors (Lipinski definition) is 7. The highest BCUT2D eigenvalue weighted by molar-refractivity contribution is 7.87. The summed E-state index contributed by atoms with van der Waals surface area (Å²) in [7, 11) is -1.60. The van der Waals surface area contributed by atoms with Crippen LogP contribution in [0.4, 0.5) is 10.5 Å². The van der Waals surface area contributed by atoms with Gasteiger partial charge in [0.05, 0.1) is 18.8 Å². The summed E-state index contributed by atoms with van der Waals surface area (Å²) < 4.78 is 38.0. The van der Waals surface area contributed by atoms with Crippen molar-refractivity contribution in [3.8, 4) is 0 Å². The summed E-state index contributed by atoms with van der Waals surface area (Å²) in [4.78, 5) is 32.7. The average Bonchev–Trinajstić information content (AvgIpc) is 3.36. The van der Waals surface area contributed by atoms with Gasteiger partial charge in [0.25, 0.3) is 0 Å². The summed E-state index contributed by atoms with van der Waals surface area (Å²) in [5.74, 6) is -0.361. The van der Waals surface area contributed by atoms with Gasteiger partial charge in [0, 0.05) is 24.5 Å². The van der Waals surface area contributed by atoms with E-state index in [9.17, 15) is 18.0 Å². The van der Waals surface area contributed by atoms with E-state index in [4.69, 9.17) is 9.29 Å². The number of ether oxygens (including phenoxy) is 1. The number of carbonyl (C=O) groups is 2. The van der Waals surface area contributed by atoms with Crippen LogP contribution in [-0.4, -0.2) is 55.1 Å². The number of anilines is 1. The Morgan fingerprint density at radius 1 is 1.08 bits per heavy atom. The standard InChI is InChI=1S/C25H30N4O6S2/c1-4-20-16-26-24(36-20)21(14-18-10-12-19(13-11-18)28-37(32,33)34)27-23(30)22(29(2)25(31)35-3)15-17-8-6-5-7-9-17/h5-13,16,21-22,28H,4,14-15H2,1-3H3,(H,27,30)(H,32,33,34)/t21-,22-/m0/s1. The number of amides is 2. The summed E-state index contributed by atoms with van der Waals surface area (Å²) in [6, 6.07) is 14.5. The summed E-state index contributed by atoms with van der Waals surface area (Å²) in [6.45, 7) is 2.02. The molecule has 0 aliphatic rings. The van der Waals surface area contributed by atoms with E-state index in [2.05, 4.69) is 10.3 Å². The monoisotopic (exact) mass is 546 g/mol. The van der Waals surface area contributed by atoms with Crippen molar-refractivity contribution in [3.05, 3.63) is 81.8 Å². The van der Waals surface area contributed by atoms with Crippen LogP contribution in [0.5, 0.6) is 0 Å². The molecule has 2 atom stereocenters. The molecule has 198 valence electrons. The number of rotatable bonds is 11. The molecule has 0 aliphatic heterocycles. The molecule has 0 saturated carbocycles. The van der Waals surface area contributed by atoms with Gasteiger partial charge in [-0.15, -0.1) is 11.3 Å². The van der Waals surface area contributed by atoms with Crippen LogP contribution in [0.3, 0.4) is 0 Å². The highest BCUT2D eigenvalue weighted by Gasteiger charge is 2.30. The molecule has 3 aromatic rings. The van der Waals surface area contributed by atoms with E-state index < -0.39 is 28.5 Å². The third-order valence-corrected chi connectivity index (χ3v) is 7.43. The van der Waals surface area contributed by atoms with Gasteiger partial charge in [-0.05, 0) is 36.1 Å². The maximum atomic E-state index is 13.6. The minimum atomic E-state index is -4.38. The van der Waals surface area contributed by atoms with Crippen LogP contribution in [0, 0.1) is 0 Å². The molecule has 0 radical (unpaired) electrons. The molecule has 3 N–H and O–H groups in total. The zero-order valence-corrected chi connectivity index (χ0v) is 22.4. The third kappa shape index (κ3) is 8.27. The fourth-order valence-electron chi connectivity index (χ4n) is 3.72. The first-order valence-corrected chi connectivity index (χ1v) is 13.8. The van der Waals surface area contributed by atoms with Gasteiger partial charge in [-0.2, -0.15) is 8.42 Å². The predicted octanol–water partition coefficient (Wildman–Crippen LogP) is 3.63. The lowest BCUT2D eigenvalue weighted by atomic mass is 10.0. The van der Waals surface area contributed by atoms with E-state index >= 15 is 0 Å². The van der Waals surface area contributed by atoms with Crippen LogP contribution in [0.25, 0.3) is 0 Å². The zero-order chi connectivity index (χ0) is 27.0. The summed E-state index contributed by atoms with van der Waals surface area (Å²) in [5, 5.41) is 3.77. The van der Waals surface area contributed by atoms with Crippen molar-refractivity contribution in [2.45, 2.75) is 38.3 Å². The molecule has 2 aromatic carbocycles. The largest absolute Gasteiger partial charge is 0.453 e. The predicted molar refractivity (Wildman–Crippen MR) is 142 cm³/mol. The number of likely N-dealkylation sites (N-methyl/N-ethyl adjacent to an activating group) is 1. The molecule has 0 spiro atoms. The first kappa shape index (κ1) is 28.1. The van der Waals surface area contributed by atoms with Crippen LogP contribution in [-0.2, 0) is 39.1 Å². The van der Waals surface area contributed by atoms with E-state index in [1.54, 1.807) is 18.3 Å². The Morgan fingerprint density at radius 3 is 2.30 bits per heavy atom. The molecule has 0 bridgehead atoms.